The molecule has 0 aliphatic carbocycles. The zero-order valence-corrected chi connectivity index (χ0v) is 20.8. The number of rotatable bonds is 8. The summed E-state index contributed by atoms with van der Waals surface area (Å²) in [6.45, 7) is 2.05. The lowest BCUT2D eigenvalue weighted by atomic mass is 10.1. The fourth-order valence-corrected chi connectivity index (χ4v) is 4.25. The van der Waals surface area contributed by atoms with E-state index in [1.165, 1.54) is 17.3 Å². The third-order valence-corrected chi connectivity index (χ3v) is 6.13. The van der Waals surface area contributed by atoms with E-state index in [1.807, 2.05) is 102 Å². The Morgan fingerprint density at radius 3 is 2.38 bits per heavy atom. The van der Waals surface area contributed by atoms with Gasteiger partial charge < -0.3 is 0 Å². The number of carbonyl (C=O) groups is 1. The molecule has 1 amide bonds. The molecule has 1 N–H and O–H groups in total. The van der Waals surface area contributed by atoms with Gasteiger partial charge in [0.25, 0.3) is 5.91 Å². The summed E-state index contributed by atoms with van der Waals surface area (Å²) in [4.78, 5) is 12.4. The first-order valence-electron chi connectivity index (χ1n) is 10.5. The van der Waals surface area contributed by atoms with Crippen molar-refractivity contribution in [2.24, 2.45) is 5.10 Å². The zero-order valence-electron chi connectivity index (χ0n) is 18.4. The third kappa shape index (κ3) is 6.30. The number of aromatic nitrogens is 3. The summed E-state index contributed by atoms with van der Waals surface area (Å²) in [5.41, 5.74) is 6.65. The Balaban J connectivity index is 1.45. The van der Waals surface area contributed by atoms with Gasteiger partial charge >= 0.3 is 0 Å². The Morgan fingerprint density at radius 2 is 1.68 bits per heavy atom. The number of nitrogens with zero attached hydrogens (tertiary/aromatic N) is 4. The predicted octanol–water partition coefficient (Wildman–Crippen LogP) is 5.87. The number of benzene rings is 3. The largest absolute Gasteiger partial charge is 0.272 e. The highest BCUT2D eigenvalue weighted by atomic mass is 79.9. The van der Waals surface area contributed by atoms with E-state index < -0.39 is 0 Å². The van der Waals surface area contributed by atoms with Gasteiger partial charge in [0.05, 0.1) is 12.0 Å². The molecule has 170 valence electrons. The van der Waals surface area contributed by atoms with E-state index in [9.17, 15) is 4.79 Å². The Bertz CT molecular complexity index is 1300. The summed E-state index contributed by atoms with van der Waals surface area (Å²) in [5.74, 6) is 0.638. The van der Waals surface area contributed by atoms with Gasteiger partial charge in [-0.15, -0.1) is 10.2 Å². The number of nitrogens with one attached hydrogen (secondary N) is 1. The van der Waals surface area contributed by atoms with Crippen LogP contribution in [-0.4, -0.2) is 32.6 Å². The maximum atomic E-state index is 12.4. The predicted molar refractivity (Wildman–Crippen MR) is 142 cm³/mol. The average Bonchev–Trinajstić information content (AvgIpc) is 3.28. The van der Waals surface area contributed by atoms with E-state index in [0.29, 0.717) is 5.16 Å². The second kappa shape index (κ2) is 11.6. The minimum Gasteiger partial charge on any atom is -0.272 e. The standard InChI is InChI=1S/C26H22BrN5OS/c1-19-12-14-21(15-13-19)25-30-31-26(32(25)23-10-6-3-7-11-23)34-18-24(33)29-28-17-22(27)16-20-8-4-2-5-9-20/h2-17H,18H2,1H3,(H,29,33). The van der Waals surface area contributed by atoms with Gasteiger partial charge in [-0.3, -0.25) is 9.36 Å². The van der Waals surface area contributed by atoms with Gasteiger partial charge in [-0.2, -0.15) is 5.10 Å². The van der Waals surface area contributed by atoms with Crippen molar-refractivity contribution in [2.75, 3.05) is 5.75 Å². The van der Waals surface area contributed by atoms with E-state index >= 15 is 0 Å². The SMILES string of the molecule is Cc1ccc(-c2nnc(SCC(=O)NN=CC(Br)=Cc3ccccc3)n2-c2ccccc2)cc1. The maximum Gasteiger partial charge on any atom is 0.250 e. The fraction of sp³-hybridized carbons (Fsp3) is 0.0769. The van der Waals surface area contributed by atoms with Crippen LogP contribution in [0.4, 0.5) is 0 Å². The lowest BCUT2D eigenvalue weighted by molar-refractivity contribution is -0.118. The smallest absolute Gasteiger partial charge is 0.250 e. The monoisotopic (exact) mass is 531 g/mol. The molecule has 0 bridgehead atoms. The second-order valence-corrected chi connectivity index (χ2v) is 9.22. The summed E-state index contributed by atoms with van der Waals surface area (Å²) in [7, 11) is 0. The number of hydrogen-bond acceptors (Lipinski definition) is 5. The molecule has 0 saturated heterocycles. The van der Waals surface area contributed by atoms with E-state index in [2.05, 4.69) is 36.7 Å². The number of allylic oxidation sites excluding steroid dienone is 1. The van der Waals surface area contributed by atoms with Crippen molar-refractivity contribution in [1.82, 2.24) is 20.2 Å². The van der Waals surface area contributed by atoms with Crippen molar-refractivity contribution in [3.8, 4) is 17.1 Å². The summed E-state index contributed by atoms with van der Waals surface area (Å²) in [6, 6.07) is 27.8. The molecule has 0 saturated carbocycles. The van der Waals surface area contributed by atoms with Crippen LogP contribution in [0.15, 0.2) is 99.7 Å². The molecule has 0 aliphatic heterocycles. The third-order valence-electron chi connectivity index (χ3n) is 4.77. The van der Waals surface area contributed by atoms with E-state index in [0.717, 1.165) is 27.1 Å². The second-order valence-electron chi connectivity index (χ2n) is 7.36. The average molecular weight is 532 g/mol. The number of amides is 1. The Morgan fingerprint density at radius 1 is 1.00 bits per heavy atom. The van der Waals surface area contributed by atoms with Crippen molar-refractivity contribution < 1.29 is 4.79 Å². The first-order chi connectivity index (χ1) is 16.6. The van der Waals surface area contributed by atoms with E-state index in [4.69, 9.17) is 0 Å². The molecule has 3 aromatic carbocycles. The number of aryl methyl sites for hydroxylation is 1. The lowest BCUT2D eigenvalue weighted by Crippen LogP contribution is -2.19. The molecular formula is C26H22BrN5OS. The van der Waals surface area contributed by atoms with Crippen LogP contribution in [0.2, 0.25) is 0 Å². The van der Waals surface area contributed by atoms with Crippen molar-refractivity contribution in [2.45, 2.75) is 12.1 Å². The van der Waals surface area contributed by atoms with Crippen molar-refractivity contribution in [3.63, 3.8) is 0 Å². The van der Waals surface area contributed by atoms with Gasteiger partial charge in [-0.05, 0) is 46.6 Å². The van der Waals surface area contributed by atoms with E-state index in [1.54, 1.807) is 6.21 Å². The first kappa shape index (κ1) is 23.7. The molecule has 0 aliphatic rings. The zero-order chi connectivity index (χ0) is 23.8. The highest BCUT2D eigenvalue weighted by Crippen LogP contribution is 2.28. The molecule has 0 atom stereocenters. The van der Waals surface area contributed by atoms with Crippen LogP contribution in [0, 0.1) is 6.92 Å². The molecule has 0 radical (unpaired) electrons. The van der Waals surface area contributed by atoms with Crippen molar-refractivity contribution in [1.29, 1.82) is 0 Å². The van der Waals surface area contributed by atoms with Gasteiger partial charge in [-0.1, -0.05) is 90.1 Å². The molecule has 8 heteroatoms. The van der Waals surface area contributed by atoms with Crippen LogP contribution in [0.25, 0.3) is 23.2 Å². The molecule has 1 aromatic heterocycles. The summed E-state index contributed by atoms with van der Waals surface area (Å²) in [6.07, 6.45) is 3.47. The Hall–Kier alpha value is -3.49. The maximum absolute atomic E-state index is 12.4. The first-order valence-corrected chi connectivity index (χ1v) is 12.3. The molecule has 1 heterocycles. The van der Waals surface area contributed by atoms with Crippen LogP contribution >= 0.6 is 27.7 Å². The fourth-order valence-electron chi connectivity index (χ4n) is 3.14. The number of hydrogen-bond donors (Lipinski definition) is 1. The number of para-hydroxylation sites is 1. The van der Waals surface area contributed by atoms with Gasteiger partial charge in [0, 0.05) is 15.7 Å². The van der Waals surface area contributed by atoms with Gasteiger partial charge in [-0.25, -0.2) is 5.43 Å². The normalized spacial score (nSPS) is 11.6. The molecule has 6 nitrogen and oxygen atoms in total. The van der Waals surface area contributed by atoms with Gasteiger partial charge in [0.2, 0.25) is 0 Å². The van der Waals surface area contributed by atoms with Gasteiger partial charge in [0.1, 0.15) is 0 Å². The Labute approximate surface area is 210 Å². The molecule has 0 fully saturated rings. The highest BCUT2D eigenvalue weighted by molar-refractivity contribution is 9.12. The van der Waals surface area contributed by atoms with Crippen molar-refractivity contribution in [3.05, 3.63) is 101 Å². The van der Waals surface area contributed by atoms with Gasteiger partial charge in [0.15, 0.2) is 11.0 Å². The van der Waals surface area contributed by atoms with Crippen LogP contribution in [-0.2, 0) is 4.79 Å². The quantitative estimate of drug-likeness (QED) is 0.175. The summed E-state index contributed by atoms with van der Waals surface area (Å²) >= 11 is 4.75. The van der Waals surface area contributed by atoms with Crippen LogP contribution in [0.3, 0.4) is 0 Å². The van der Waals surface area contributed by atoms with Crippen LogP contribution in [0.1, 0.15) is 11.1 Å². The topological polar surface area (TPSA) is 72.2 Å². The molecular weight excluding hydrogens is 510 g/mol. The molecule has 4 rings (SSSR count). The minimum atomic E-state index is -0.235. The lowest BCUT2D eigenvalue weighted by Gasteiger charge is -2.10. The molecule has 34 heavy (non-hydrogen) atoms. The highest BCUT2D eigenvalue weighted by Gasteiger charge is 2.17. The minimum absolute atomic E-state index is 0.149. The number of thioether (sulfide) groups is 1. The van der Waals surface area contributed by atoms with Crippen LogP contribution in [0.5, 0.6) is 0 Å². The summed E-state index contributed by atoms with van der Waals surface area (Å²) in [5, 5.41) is 13.4. The molecule has 0 unspecified atom stereocenters. The molecule has 0 spiro atoms. The molecule has 4 aromatic rings. The number of hydrazone groups is 1. The van der Waals surface area contributed by atoms with Crippen molar-refractivity contribution >= 4 is 45.9 Å². The number of halogens is 1. The van der Waals surface area contributed by atoms with E-state index in [-0.39, 0.29) is 11.7 Å². The summed E-state index contributed by atoms with van der Waals surface area (Å²) < 4.78 is 2.71. The van der Waals surface area contributed by atoms with Crippen LogP contribution < -0.4 is 5.43 Å². The Kier molecular flexibility index (Phi) is 8.06. The number of carbonyl (C=O) groups excluding carboxylic acids is 1.